The summed E-state index contributed by atoms with van der Waals surface area (Å²) in [7, 11) is 1.37. The van der Waals surface area contributed by atoms with E-state index in [0.717, 1.165) is 29.5 Å². The lowest BCUT2D eigenvalue weighted by Crippen LogP contribution is -2.22. The standard InChI is InChI=1S/C25H33NO3S/c1-17(2)13-20(25(28)29-3)15-24(27)22-12-10-18(9-11-21(26)16-30)14-23(22)19-7-5-4-6-8-19/h4-8,10,12,14,17,20-21,30H,9,11,13,15-16,26H2,1-3H3/t20-,21-/m1/s1. The van der Waals surface area contributed by atoms with Gasteiger partial charge < -0.3 is 10.5 Å². The highest BCUT2D eigenvalue weighted by Gasteiger charge is 2.25. The normalized spacial score (nSPS) is 13.1. The molecule has 0 saturated heterocycles. The van der Waals surface area contributed by atoms with Gasteiger partial charge in [0.05, 0.1) is 13.0 Å². The minimum atomic E-state index is -0.431. The van der Waals surface area contributed by atoms with E-state index in [-0.39, 0.29) is 24.2 Å². The van der Waals surface area contributed by atoms with Crippen molar-refractivity contribution in [2.75, 3.05) is 12.9 Å². The maximum absolute atomic E-state index is 13.2. The lowest BCUT2D eigenvalue weighted by molar-refractivity contribution is -0.145. The van der Waals surface area contributed by atoms with Crippen LogP contribution in [0.4, 0.5) is 0 Å². The molecule has 0 aliphatic carbocycles. The van der Waals surface area contributed by atoms with Crippen molar-refractivity contribution in [2.24, 2.45) is 17.6 Å². The van der Waals surface area contributed by atoms with Gasteiger partial charge in [0.25, 0.3) is 0 Å². The predicted molar refractivity (Wildman–Crippen MR) is 126 cm³/mol. The van der Waals surface area contributed by atoms with Crippen molar-refractivity contribution in [3.8, 4) is 11.1 Å². The predicted octanol–water partition coefficient (Wildman–Crippen LogP) is 4.95. The van der Waals surface area contributed by atoms with E-state index in [1.165, 1.54) is 7.11 Å². The van der Waals surface area contributed by atoms with E-state index in [0.29, 0.717) is 23.7 Å². The molecule has 4 nitrogen and oxygen atoms in total. The Bertz CT molecular complexity index is 836. The van der Waals surface area contributed by atoms with Crippen LogP contribution in [-0.4, -0.2) is 30.7 Å². The van der Waals surface area contributed by atoms with Gasteiger partial charge in [0.2, 0.25) is 0 Å². The number of hydrogen-bond acceptors (Lipinski definition) is 5. The molecule has 0 fully saturated rings. The van der Waals surface area contributed by atoms with E-state index in [2.05, 4.69) is 18.7 Å². The van der Waals surface area contributed by atoms with E-state index in [4.69, 9.17) is 10.5 Å². The number of thiol groups is 1. The maximum Gasteiger partial charge on any atom is 0.309 e. The van der Waals surface area contributed by atoms with Gasteiger partial charge in [-0.2, -0.15) is 12.6 Å². The smallest absolute Gasteiger partial charge is 0.309 e. The summed E-state index contributed by atoms with van der Waals surface area (Å²) in [5, 5.41) is 0. The quantitative estimate of drug-likeness (QED) is 0.302. The van der Waals surface area contributed by atoms with Crippen molar-refractivity contribution in [1.82, 2.24) is 0 Å². The first-order valence-electron chi connectivity index (χ1n) is 10.5. The third-order valence-corrected chi connectivity index (χ3v) is 5.70. The van der Waals surface area contributed by atoms with Gasteiger partial charge in [0, 0.05) is 23.8 Å². The largest absolute Gasteiger partial charge is 0.469 e. The molecular weight excluding hydrogens is 394 g/mol. The van der Waals surface area contributed by atoms with Crippen LogP contribution in [-0.2, 0) is 16.0 Å². The third kappa shape index (κ3) is 6.99. The number of hydrogen-bond donors (Lipinski definition) is 2. The highest BCUT2D eigenvalue weighted by atomic mass is 32.1. The van der Waals surface area contributed by atoms with Crippen molar-refractivity contribution in [1.29, 1.82) is 0 Å². The van der Waals surface area contributed by atoms with Crippen molar-refractivity contribution in [2.45, 2.75) is 45.6 Å². The number of rotatable bonds is 11. The van der Waals surface area contributed by atoms with E-state index >= 15 is 0 Å². The average Bonchev–Trinajstić information content (AvgIpc) is 2.76. The number of methoxy groups -OCH3 is 1. The SMILES string of the molecule is COC(=O)[C@@H](CC(=O)c1ccc(CC[C@@H](N)CS)cc1-c1ccccc1)CC(C)C. The van der Waals surface area contributed by atoms with Crippen molar-refractivity contribution >= 4 is 24.4 Å². The molecule has 0 aliphatic heterocycles. The first kappa shape index (κ1) is 24.2. The number of Topliss-reactive ketones (excluding diaryl/α,β-unsaturated/α-hetero) is 1. The lowest BCUT2D eigenvalue weighted by atomic mass is 9.87. The summed E-state index contributed by atoms with van der Waals surface area (Å²) in [5.74, 6) is 0.152. The van der Waals surface area contributed by atoms with Crippen molar-refractivity contribution < 1.29 is 14.3 Å². The van der Waals surface area contributed by atoms with Gasteiger partial charge in [0.1, 0.15) is 0 Å². The van der Waals surface area contributed by atoms with Crippen LogP contribution in [0.15, 0.2) is 48.5 Å². The van der Waals surface area contributed by atoms with E-state index in [1.807, 2.05) is 56.3 Å². The van der Waals surface area contributed by atoms with Gasteiger partial charge in [-0.15, -0.1) is 0 Å². The fraction of sp³-hybridized carbons (Fsp3) is 0.440. The first-order chi connectivity index (χ1) is 14.3. The first-order valence-corrected chi connectivity index (χ1v) is 11.1. The number of nitrogens with two attached hydrogens (primary N) is 1. The summed E-state index contributed by atoms with van der Waals surface area (Å²) in [4.78, 5) is 25.4. The number of aryl methyl sites for hydroxylation is 1. The molecule has 0 amide bonds. The minimum Gasteiger partial charge on any atom is -0.469 e. The second-order valence-electron chi connectivity index (χ2n) is 8.20. The van der Waals surface area contributed by atoms with E-state index < -0.39 is 5.92 Å². The molecular formula is C25H33NO3S. The summed E-state index contributed by atoms with van der Waals surface area (Å²) in [5.41, 5.74) is 9.66. The molecule has 0 heterocycles. The maximum atomic E-state index is 13.2. The van der Waals surface area contributed by atoms with Crippen LogP contribution in [0, 0.1) is 11.8 Å². The molecule has 0 bridgehead atoms. The molecule has 162 valence electrons. The summed E-state index contributed by atoms with van der Waals surface area (Å²) in [6.45, 7) is 4.08. The van der Waals surface area contributed by atoms with Crippen LogP contribution in [0.25, 0.3) is 11.1 Å². The Hall–Kier alpha value is -2.11. The highest BCUT2D eigenvalue weighted by molar-refractivity contribution is 7.80. The number of benzene rings is 2. The molecule has 0 spiro atoms. The number of ketones is 1. The van der Waals surface area contributed by atoms with Gasteiger partial charge >= 0.3 is 5.97 Å². The van der Waals surface area contributed by atoms with E-state index in [1.54, 1.807) is 0 Å². The second-order valence-corrected chi connectivity index (χ2v) is 8.57. The molecule has 2 aromatic carbocycles. The Morgan fingerprint density at radius 1 is 1.10 bits per heavy atom. The van der Waals surface area contributed by atoms with Gasteiger partial charge in [-0.3, -0.25) is 9.59 Å². The number of carbonyl (C=O) groups excluding carboxylic acids is 2. The molecule has 5 heteroatoms. The molecule has 0 aliphatic rings. The zero-order chi connectivity index (χ0) is 22.1. The molecule has 0 aromatic heterocycles. The highest BCUT2D eigenvalue weighted by Crippen LogP contribution is 2.29. The minimum absolute atomic E-state index is 0.0384. The molecule has 30 heavy (non-hydrogen) atoms. The molecule has 2 N–H and O–H groups in total. The third-order valence-electron chi connectivity index (χ3n) is 5.23. The Labute approximate surface area is 185 Å². The van der Waals surface area contributed by atoms with Crippen molar-refractivity contribution in [3.05, 3.63) is 59.7 Å². The molecule has 2 atom stereocenters. The molecule has 0 radical (unpaired) electrons. The van der Waals surface area contributed by atoms with Gasteiger partial charge in [-0.05, 0) is 41.9 Å². The molecule has 0 unspecified atom stereocenters. The van der Waals surface area contributed by atoms with Crippen LogP contribution < -0.4 is 5.73 Å². The monoisotopic (exact) mass is 427 g/mol. The van der Waals surface area contributed by atoms with Crippen LogP contribution in [0.5, 0.6) is 0 Å². The van der Waals surface area contributed by atoms with Gasteiger partial charge in [-0.25, -0.2) is 0 Å². The average molecular weight is 428 g/mol. The zero-order valence-electron chi connectivity index (χ0n) is 18.1. The lowest BCUT2D eigenvalue weighted by Gasteiger charge is -2.18. The Morgan fingerprint density at radius 3 is 2.40 bits per heavy atom. The fourth-order valence-corrected chi connectivity index (χ4v) is 3.80. The molecule has 2 rings (SSSR count). The summed E-state index contributed by atoms with van der Waals surface area (Å²) >= 11 is 4.25. The van der Waals surface area contributed by atoms with E-state index in [9.17, 15) is 9.59 Å². The zero-order valence-corrected chi connectivity index (χ0v) is 19.0. The van der Waals surface area contributed by atoms with Crippen LogP contribution in [0.1, 0.15) is 49.0 Å². The number of esters is 1. The van der Waals surface area contributed by atoms with Gasteiger partial charge in [0.15, 0.2) is 5.78 Å². The summed E-state index contributed by atoms with van der Waals surface area (Å²) in [6.07, 6.45) is 2.44. The van der Waals surface area contributed by atoms with Crippen LogP contribution in [0.2, 0.25) is 0 Å². The Morgan fingerprint density at radius 2 is 1.80 bits per heavy atom. The summed E-state index contributed by atoms with van der Waals surface area (Å²) in [6, 6.07) is 15.9. The summed E-state index contributed by atoms with van der Waals surface area (Å²) < 4.78 is 4.94. The number of carbonyl (C=O) groups is 2. The fourth-order valence-electron chi connectivity index (χ4n) is 3.62. The van der Waals surface area contributed by atoms with Crippen molar-refractivity contribution in [3.63, 3.8) is 0 Å². The van der Waals surface area contributed by atoms with Crippen LogP contribution >= 0.6 is 12.6 Å². The Kier molecular flexibility index (Phi) is 9.60. The molecule has 2 aromatic rings. The second kappa shape index (κ2) is 11.9. The van der Waals surface area contributed by atoms with Crippen LogP contribution in [0.3, 0.4) is 0 Å². The topological polar surface area (TPSA) is 69.4 Å². The Balaban J connectivity index is 2.35. The van der Waals surface area contributed by atoms with Gasteiger partial charge in [-0.1, -0.05) is 62.4 Å². The number of ether oxygens (including phenoxy) is 1. The molecule has 0 saturated carbocycles.